The number of benzene rings is 2. The topological polar surface area (TPSA) is 55.6 Å². The number of fused-ring (bicyclic) bond motifs is 1. The molecule has 1 aliphatic rings. The SMILES string of the molecule is COc1ccc(SC(C)C(=O)N2CCCc3c(N)cccc32)cc1.Cl. The molecule has 2 aromatic rings. The maximum Gasteiger partial charge on any atom is 0.240 e. The zero-order valence-corrected chi connectivity index (χ0v) is 16.0. The van der Waals surface area contributed by atoms with E-state index in [2.05, 4.69) is 0 Å². The first-order valence-electron chi connectivity index (χ1n) is 8.09. The van der Waals surface area contributed by atoms with E-state index in [1.807, 2.05) is 54.3 Å². The summed E-state index contributed by atoms with van der Waals surface area (Å²) in [6.45, 7) is 2.71. The Labute approximate surface area is 159 Å². The van der Waals surface area contributed by atoms with Gasteiger partial charge in [-0.1, -0.05) is 6.07 Å². The number of carbonyl (C=O) groups excluding carboxylic acids is 1. The predicted molar refractivity (Wildman–Crippen MR) is 107 cm³/mol. The summed E-state index contributed by atoms with van der Waals surface area (Å²) in [5, 5.41) is -0.161. The Bertz CT molecular complexity index is 737. The van der Waals surface area contributed by atoms with E-state index in [0.29, 0.717) is 0 Å². The number of hydrogen-bond acceptors (Lipinski definition) is 4. The third-order valence-corrected chi connectivity index (χ3v) is 5.37. The first-order chi connectivity index (χ1) is 11.6. The normalized spacial score (nSPS) is 14.2. The summed E-state index contributed by atoms with van der Waals surface area (Å²) < 4.78 is 5.17. The van der Waals surface area contributed by atoms with Crippen molar-refractivity contribution in [2.45, 2.75) is 29.9 Å². The van der Waals surface area contributed by atoms with Crippen LogP contribution in [0, 0.1) is 0 Å². The molecule has 0 aromatic heterocycles. The van der Waals surface area contributed by atoms with E-state index in [9.17, 15) is 4.79 Å². The van der Waals surface area contributed by atoms with Crippen LogP contribution in [0.25, 0.3) is 0 Å². The second-order valence-corrected chi connectivity index (χ2v) is 7.29. The van der Waals surface area contributed by atoms with Gasteiger partial charge in [-0.2, -0.15) is 0 Å². The molecule has 25 heavy (non-hydrogen) atoms. The first kappa shape index (κ1) is 19.5. The average molecular weight is 379 g/mol. The minimum atomic E-state index is -0.161. The fourth-order valence-corrected chi connectivity index (χ4v) is 3.94. The van der Waals surface area contributed by atoms with Crippen molar-refractivity contribution in [2.24, 2.45) is 0 Å². The maximum absolute atomic E-state index is 12.9. The Kier molecular flexibility index (Phi) is 6.62. The number of rotatable bonds is 4. The summed E-state index contributed by atoms with van der Waals surface area (Å²) in [4.78, 5) is 15.9. The van der Waals surface area contributed by atoms with Crippen molar-refractivity contribution >= 4 is 41.5 Å². The number of methoxy groups -OCH3 is 1. The van der Waals surface area contributed by atoms with Crippen LogP contribution in [-0.2, 0) is 11.2 Å². The average Bonchev–Trinajstić information content (AvgIpc) is 2.61. The number of nitrogen functional groups attached to an aromatic ring is 1. The fraction of sp³-hybridized carbons (Fsp3) is 0.316. The number of anilines is 2. The number of nitrogens with zero attached hydrogens (tertiary/aromatic N) is 1. The van der Waals surface area contributed by atoms with Gasteiger partial charge in [0.25, 0.3) is 0 Å². The Morgan fingerprint density at radius 1 is 1.24 bits per heavy atom. The maximum atomic E-state index is 12.9. The van der Waals surface area contributed by atoms with Crippen LogP contribution < -0.4 is 15.4 Å². The highest BCUT2D eigenvalue weighted by Gasteiger charge is 2.27. The van der Waals surface area contributed by atoms with Gasteiger partial charge < -0.3 is 15.4 Å². The van der Waals surface area contributed by atoms with Crippen LogP contribution in [0.5, 0.6) is 5.75 Å². The highest BCUT2D eigenvalue weighted by molar-refractivity contribution is 8.00. The van der Waals surface area contributed by atoms with Crippen molar-refractivity contribution in [2.75, 3.05) is 24.3 Å². The summed E-state index contributed by atoms with van der Waals surface area (Å²) in [5.41, 5.74) is 8.92. The van der Waals surface area contributed by atoms with E-state index in [4.69, 9.17) is 10.5 Å². The fourth-order valence-electron chi connectivity index (χ4n) is 3.01. The molecule has 134 valence electrons. The molecule has 2 N–H and O–H groups in total. The summed E-state index contributed by atoms with van der Waals surface area (Å²) in [7, 11) is 1.65. The molecule has 1 amide bonds. The molecule has 2 aromatic carbocycles. The second kappa shape index (κ2) is 8.50. The Morgan fingerprint density at radius 2 is 1.96 bits per heavy atom. The quantitative estimate of drug-likeness (QED) is 0.641. The number of thioether (sulfide) groups is 1. The summed E-state index contributed by atoms with van der Waals surface area (Å²) in [5.74, 6) is 0.945. The van der Waals surface area contributed by atoms with Crippen LogP contribution >= 0.6 is 24.2 Å². The van der Waals surface area contributed by atoms with Crippen LogP contribution in [0.1, 0.15) is 18.9 Å². The lowest BCUT2D eigenvalue weighted by atomic mass is 9.99. The molecule has 0 bridgehead atoms. The first-order valence-corrected chi connectivity index (χ1v) is 8.97. The molecule has 0 radical (unpaired) electrons. The molecular formula is C19H23ClN2O2S. The number of carbonyl (C=O) groups is 1. The standard InChI is InChI=1S/C19H22N2O2S.ClH/c1-13(24-15-10-8-14(23-2)9-11-15)19(22)21-12-4-5-16-17(20)6-3-7-18(16)21;/h3,6-11,13H,4-5,12,20H2,1-2H3;1H. The van der Waals surface area contributed by atoms with Crippen LogP contribution in [-0.4, -0.2) is 24.8 Å². The van der Waals surface area contributed by atoms with E-state index in [1.165, 1.54) is 0 Å². The molecule has 0 fully saturated rings. The molecule has 1 aliphatic heterocycles. The molecule has 1 heterocycles. The van der Waals surface area contributed by atoms with Crippen LogP contribution in [0.2, 0.25) is 0 Å². The van der Waals surface area contributed by atoms with Gasteiger partial charge in [-0.3, -0.25) is 4.79 Å². The van der Waals surface area contributed by atoms with Crippen molar-refractivity contribution in [1.82, 2.24) is 0 Å². The molecule has 0 saturated carbocycles. The van der Waals surface area contributed by atoms with Crippen molar-refractivity contribution in [3.8, 4) is 5.75 Å². The minimum Gasteiger partial charge on any atom is -0.497 e. The van der Waals surface area contributed by atoms with Gasteiger partial charge in [0.2, 0.25) is 5.91 Å². The van der Waals surface area contributed by atoms with Crippen LogP contribution in [0.3, 0.4) is 0 Å². The number of hydrogen-bond donors (Lipinski definition) is 1. The molecule has 4 nitrogen and oxygen atoms in total. The Balaban J connectivity index is 0.00000225. The Hall–Kier alpha value is -1.85. The van der Waals surface area contributed by atoms with E-state index in [-0.39, 0.29) is 23.6 Å². The van der Waals surface area contributed by atoms with Crippen molar-refractivity contribution in [1.29, 1.82) is 0 Å². The largest absolute Gasteiger partial charge is 0.497 e. The van der Waals surface area contributed by atoms with Gasteiger partial charge in [0.05, 0.1) is 12.4 Å². The lowest BCUT2D eigenvalue weighted by Crippen LogP contribution is -2.40. The van der Waals surface area contributed by atoms with E-state index in [0.717, 1.165) is 47.0 Å². The van der Waals surface area contributed by atoms with Crippen LogP contribution in [0.4, 0.5) is 11.4 Å². The van der Waals surface area contributed by atoms with Crippen molar-refractivity contribution in [3.63, 3.8) is 0 Å². The van der Waals surface area contributed by atoms with Crippen molar-refractivity contribution in [3.05, 3.63) is 48.0 Å². The van der Waals surface area contributed by atoms with E-state index in [1.54, 1.807) is 18.9 Å². The molecule has 3 rings (SSSR count). The van der Waals surface area contributed by atoms with Gasteiger partial charge in [0.1, 0.15) is 5.75 Å². The van der Waals surface area contributed by atoms with E-state index >= 15 is 0 Å². The lowest BCUT2D eigenvalue weighted by molar-refractivity contribution is -0.117. The zero-order valence-electron chi connectivity index (χ0n) is 14.4. The number of amides is 1. The third-order valence-electron chi connectivity index (χ3n) is 4.27. The second-order valence-electron chi connectivity index (χ2n) is 5.87. The van der Waals surface area contributed by atoms with Gasteiger partial charge in [0.15, 0.2) is 0 Å². The van der Waals surface area contributed by atoms with Gasteiger partial charge in [-0.25, -0.2) is 0 Å². The number of ether oxygens (including phenoxy) is 1. The van der Waals surface area contributed by atoms with Gasteiger partial charge in [-0.15, -0.1) is 24.2 Å². The van der Waals surface area contributed by atoms with E-state index < -0.39 is 0 Å². The third kappa shape index (κ3) is 4.22. The zero-order chi connectivity index (χ0) is 17.1. The predicted octanol–water partition coefficient (Wildman–Crippen LogP) is 4.16. The Morgan fingerprint density at radius 3 is 2.64 bits per heavy atom. The smallest absolute Gasteiger partial charge is 0.240 e. The number of halogens is 1. The summed E-state index contributed by atoms with van der Waals surface area (Å²) in [6, 6.07) is 13.6. The van der Waals surface area contributed by atoms with Crippen molar-refractivity contribution < 1.29 is 9.53 Å². The molecule has 0 spiro atoms. The van der Waals surface area contributed by atoms with Gasteiger partial charge in [0, 0.05) is 22.8 Å². The van der Waals surface area contributed by atoms with Gasteiger partial charge in [-0.05, 0) is 61.7 Å². The summed E-state index contributed by atoms with van der Waals surface area (Å²) in [6.07, 6.45) is 1.89. The molecule has 1 unspecified atom stereocenters. The molecule has 1 atom stereocenters. The summed E-state index contributed by atoms with van der Waals surface area (Å²) >= 11 is 1.57. The minimum absolute atomic E-state index is 0. The lowest BCUT2D eigenvalue weighted by Gasteiger charge is -2.32. The molecule has 0 saturated heterocycles. The van der Waals surface area contributed by atoms with Crippen LogP contribution in [0.15, 0.2) is 47.4 Å². The molecular weight excluding hydrogens is 356 g/mol. The molecule has 6 heteroatoms. The highest BCUT2D eigenvalue weighted by atomic mass is 35.5. The molecule has 0 aliphatic carbocycles. The highest BCUT2D eigenvalue weighted by Crippen LogP contribution is 2.34. The monoisotopic (exact) mass is 378 g/mol. The number of nitrogens with two attached hydrogens (primary N) is 1. The van der Waals surface area contributed by atoms with Gasteiger partial charge >= 0.3 is 0 Å².